The Balaban J connectivity index is 2.34. The highest BCUT2D eigenvalue weighted by Crippen LogP contribution is 2.33. The Bertz CT molecular complexity index is 391. The summed E-state index contributed by atoms with van der Waals surface area (Å²) >= 11 is 0. The van der Waals surface area contributed by atoms with Crippen LogP contribution in [0.25, 0.3) is 0 Å². The summed E-state index contributed by atoms with van der Waals surface area (Å²) in [5.41, 5.74) is 0.187. The lowest BCUT2D eigenvalue weighted by atomic mass is 10.2. The number of alkyl halides is 3. The molecule has 6 heteroatoms. The smallest absolute Gasteiger partial charge is 0.415 e. The number of rotatable bonds is 1. The fraction of sp³-hybridized carbons (Fsp3) is 0.300. The number of hydrogen-bond acceptors (Lipinski definition) is 2. The third-order valence-electron chi connectivity index (χ3n) is 2.29. The van der Waals surface area contributed by atoms with Gasteiger partial charge < -0.3 is 4.74 Å². The molecule has 2 rings (SSSR count). The van der Waals surface area contributed by atoms with Gasteiger partial charge in [-0.3, -0.25) is 4.90 Å². The number of amides is 1. The summed E-state index contributed by atoms with van der Waals surface area (Å²) in [6, 6.07) is 5.76. The van der Waals surface area contributed by atoms with E-state index in [0.29, 0.717) is 4.90 Å². The van der Waals surface area contributed by atoms with E-state index in [1.807, 2.05) is 0 Å². The second-order valence-corrected chi connectivity index (χ2v) is 3.34. The average molecular weight is 231 g/mol. The van der Waals surface area contributed by atoms with E-state index in [0.717, 1.165) is 0 Å². The molecule has 0 spiro atoms. The highest BCUT2D eigenvalue weighted by molar-refractivity contribution is 5.90. The zero-order valence-electron chi connectivity index (χ0n) is 8.07. The van der Waals surface area contributed by atoms with Crippen LogP contribution in [0.3, 0.4) is 0 Å². The molecule has 1 heterocycles. The van der Waals surface area contributed by atoms with E-state index in [2.05, 4.69) is 4.74 Å². The minimum Gasteiger partial charge on any atom is -0.447 e. The summed E-state index contributed by atoms with van der Waals surface area (Å²) in [4.78, 5) is 11.9. The Labute approximate surface area is 89.4 Å². The molecule has 1 saturated heterocycles. The van der Waals surface area contributed by atoms with Crippen LogP contribution in [-0.4, -0.2) is 24.9 Å². The lowest BCUT2D eigenvalue weighted by Gasteiger charge is -2.23. The third kappa shape index (κ3) is 1.82. The molecular weight excluding hydrogens is 223 g/mol. The molecule has 1 atom stereocenters. The molecule has 1 aliphatic rings. The van der Waals surface area contributed by atoms with Crippen molar-refractivity contribution in [2.45, 2.75) is 12.2 Å². The van der Waals surface area contributed by atoms with Crippen molar-refractivity contribution in [3.8, 4) is 0 Å². The van der Waals surface area contributed by atoms with Crippen molar-refractivity contribution < 1.29 is 22.7 Å². The first-order valence-corrected chi connectivity index (χ1v) is 4.58. The van der Waals surface area contributed by atoms with Crippen LogP contribution in [0.4, 0.5) is 23.7 Å². The van der Waals surface area contributed by atoms with E-state index >= 15 is 0 Å². The second-order valence-electron chi connectivity index (χ2n) is 3.34. The summed E-state index contributed by atoms with van der Waals surface area (Å²) in [5.74, 6) is 0. The van der Waals surface area contributed by atoms with Gasteiger partial charge in [0, 0.05) is 5.69 Å². The lowest BCUT2D eigenvalue weighted by Crippen LogP contribution is -2.44. The van der Waals surface area contributed by atoms with Crippen LogP contribution in [0.2, 0.25) is 0 Å². The molecule has 1 aliphatic heterocycles. The maximum absolute atomic E-state index is 12.6. The maximum Gasteiger partial charge on any atom is 0.415 e. The van der Waals surface area contributed by atoms with Gasteiger partial charge in [0.05, 0.1) is 0 Å². The maximum atomic E-state index is 12.6. The van der Waals surface area contributed by atoms with E-state index in [4.69, 9.17) is 0 Å². The first kappa shape index (κ1) is 10.8. The molecule has 0 aromatic heterocycles. The number of halogens is 3. The lowest BCUT2D eigenvalue weighted by molar-refractivity contribution is -0.147. The Kier molecular flexibility index (Phi) is 2.49. The molecule has 1 amide bonds. The SMILES string of the molecule is O=C1OCC(C(F)(F)F)N1c1ccccc1. The Morgan fingerprint density at radius 1 is 1.25 bits per heavy atom. The van der Waals surface area contributed by atoms with Crippen LogP contribution in [0.5, 0.6) is 0 Å². The number of benzene rings is 1. The summed E-state index contributed by atoms with van der Waals surface area (Å²) in [6.45, 7) is -0.656. The fourth-order valence-corrected chi connectivity index (χ4v) is 1.54. The number of nitrogens with zero attached hydrogens (tertiary/aromatic N) is 1. The quantitative estimate of drug-likeness (QED) is 0.743. The molecule has 1 aromatic carbocycles. The number of anilines is 1. The van der Waals surface area contributed by atoms with Gasteiger partial charge in [0.2, 0.25) is 0 Å². The number of ether oxygens (including phenoxy) is 1. The molecule has 0 N–H and O–H groups in total. The molecule has 86 valence electrons. The van der Waals surface area contributed by atoms with Crippen LogP contribution in [0, 0.1) is 0 Å². The molecule has 0 aliphatic carbocycles. The summed E-state index contributed by atoms with van der Waals surface area (Å²) in [5, 5.41) is 0. The van der Waals surface area contributed by atoms with Crippen molar-refractivity contribution in [3.63, 3.8) is 0 Å². The average Bonchev–Trinajstić information content (AvgIpc) is 2.61. The summed E-state index contributed by atoms with van der Waals surface area (Å²) in [7, 11) is 0. The Morgan fingerprint density at radius 2 is 1.88 bits per heavy atom. The van der Waals surface area contributed by atoms with Gasteiger partial charge in [-0.05, 0) is 12.1 Å². The van der Waals surface area contributed by atoms with Crippen molar-refractivity contribution in [3.05, 3.63) is 30.3 Å². The van der Waals surface area contributed by atoms with Gasteiger partial charge in [-0.2, -0.15) is 13.2 Å². The molecule has 3 nitrogen and oxygen atoms in total. The minimum atomic E-state index is -4.48. The predicted molar refractivity (Wildman–Crippen MR) is 50.1 cm³/mol. The third-order valence-corrected chi connectivity index (χ3v) is 2.29. The Morgan fingerprint density at radius 3 is 2.44 bits per heavy atom. The van der Waals surface area contributed by atoms with Gasteiger partial charge in [-0.15, -0.1) is 0 Å². The number of hydrogen-bond donors (Lipinski definition) is 0. The van der Waals surface area contributed by atoms with Crippen molar-refractivity contribution >= 4 is 11.8 Å². The van der Waals surface area contributed by atoms with Crippen molar-refractivity contribution in [2.24, 2.45) is 0 Å². The topological polar surface area (TPSA) is 29.5 Å². The number of para-hydroxylation sites is 1. The predicted octanol–water partition coefficient (Wildman–Crippen LogP) is 2.57. The molecule has 16 heavy (non-hydrogen) atoms. The van der Waals surface area contributed by atoms with Gasteiger partial charge in [0.25, 0.3) is 0 Å². The van der Waals surface area contributed by atoms with Crippen LogP contribution >= 0.6 is 0 Å². The first-order chi connectivity index (χ1) is 7.50. The largest absolute Gasteiger partial charge is 0.447 e. The van der Waals surface area contributed by atoms with E-state index in [-0.39, 0.29) is 5.69 Å². The van der Waals surface area contributed by atoms with Gasteiger partial charge >= 0.3 is 12.3 Å². The zero-order valence-corrected chi connectivity index (χ0v) is 8.07. The van der Waals surface area contributed by atoms with Gasteiger partial charge in [-0.1, -0.05) is 18.2 Å². The minimum absolute atomic E-state index is 0.187. The van der Waals surface area contributed by atoms with E-state index in [1.54, 1.807) is 18.2 Å². The van der Waals surface area contributed by atoms with Gasteiger partial charge in [0.1, 0.15) is 6.61 Å². The van der Waals surface area contributed by atoms with Crippen molar-refractivity contribution in [1.29, 1.82) is 0 Å². The van der Waals surface area contributed by atoms with Crippen molar-refractivity contribution in [2.75, 3.05) is 11.5 Å². The summed E-state index contributed by atoms with van der Waals surface area (Å²) < 4.78 is 42.2. The van der Waals surface area contributed by atoms with Crippen LogP contribution in [0.15, 0.2) is 30.3 Å². The molecule has 1 aromatic rings. The van der Waals surface area contributed by atoms with Crippen LogP contribution in [0.1, 0.15) is 0 Å². The molecular formula is C10H8F3NO2. The monoisotopic (exact) mass is 231 g/mol. The van der Waals surface area contributed by atoms with Crippen LogP contribution in [-0.2, 0) is 4.74 Å². The number of carbonyl (C=O) groups excluding carboxylic acids is 1. The van der Waals surface area contributed by atoms with E-state index < -0.39 is 24.9 Å². The highest BCUT2D eigenvalue weighted by Gasteiger charge is 2.51. The molecule has 0 saturated carbocycles. The second kappa shape index (κ2) is 3.70. The molecule has 1 fully saturated rings. The standard InChI is InChI=1S/C10H8F3NO2/c11-10(12,13)8-6-16-9(15)14(8)7-4-2-1-3-5-7/h1-5,8H,6H2. The molecule has 0 bridgehead atoms. The number of cyclic esters (lactones) is 1. The molecule has 1 unspecified atom stereocenters. The highest BCUT2D eigenvalue weighted by atomic mass is 19.4. The van der Waals surface area contributed by atoms with E-state index in [1.165, 1.54) is 12.1 Å². The molecule has 0 radical (unpaired) electrons. The van der Waals surface area contributed by atoms with E-state index in [9.17, 15) is 18.0 Å². The van der Waals surface area contributed by atoms with Crippen LogP contribution < -0.4 is 4.90 Å². The van der Waals surface area contributed by atoms with Gasteiger partial charge in [0.15, 0.2) is 6.04 Å². The van der Waals surface area contributed by atoms with Crippen molar-refractivity contribution in [1.82, 2.24) is 0 Å². The first-order valence-electron chi connectivity index (χ1n) is 4.58. The summed E-state index contributed by atoms with van der Waals surface area (Å²) in [6.07, 6.45) is -5.45. The number of carbonyl (C=O) groups is 1. The van der Waals surface area contributed by atoms with Gasteiger partial charge in [-0.25, -0.2) is 4.79 Å². The zero-order chi connectivity index (χ0) is 11.8. The normalized spacial score (nSPS) is 21.1. The Hall–Kier alpha value is -1.72. The fourth-order valence-electron chi connectivity index (χ4n) is 1.54.